The number of pyridine rings is 2. The van der Waals surface area contributed by atoms with Crippen molar-refractivity contribution in [3.63, 3.8) is 0 Å². The summed E-state index contributed by atoms with van der Waals surface area (Å²) in [5.74, 6) is -1.01. The third-order valence-electron chi connectivity index (χ3n) is 2.10. The van der Waals surface area contributed by atoms with Gasteiger partial charge in [0.25, 0.3) is 0 Å². The highest BCUT2D eigenvalue weighted by atomic mass is 32.2. The second kappa shape index (κ2) is 5.29. The first kappa shape index (κ1) is 12.1. The van der Waals surface area contributed by atoms with E-state index in [0.29, 0.717) is 15.5 Å². The van der Waals surface area contributed by atoms with Gasteiger partial charge in [-0.25, -0.2) is 9.78 Å². The molecule has 2 rings (SSSR count). The van der Waals surface area contributed by atoms with Gasteiger partial charge in [-0.2, -0.15) is 5.26 Å². The predicted octanol–water partition coefficient (Wildman–Crippen LogP) is 2.20. The van der Waals surface area contributed by atoms with Crippen LogP contribution in [0.4, 0.5) is 0 Å². The van der Waals surface area contributed by atoms with Crippen LogP contribution >= 0.6 is 11.8 Å². The van der Waals surface area contributed by atoms with Gasteiger partial charge in [-0.15, -0.1) is 0 Å². The lowest BCUT2D eigenvalue weighted by atomic mass is 10.3. The summed E-state index contributed by atoms with van der Waals surface area (Å²) in [6.45, 7) is 0. The molecule has 0 aliphatic carbocycles. The summed E-state index contributed by atoms with van der Waals surface area (Å²) in [6.07, 6.45) is 4.51. The zero-order valence-corrected chi connectivity index (χ0v) is 9.89. The van der Waals surface area contributed by atoms with Crippen LogP contribution in [0.25, 0.3) is 0 Å². The number of nitrogens with zero attached hydrogens (tertiary/aromatic N) is 3. The Labute approximate surface area is 107 Å². The van der Waals surface area contributed by atoms with Crippen LogP contribution in [-0.2, 0) is 0 Å². The van der Waals surface area contributed by atoms with Crippen molar-refractivity contribution >= 4 is 17.7 Å². The second-order valence-corrected chi connectivity index (χ2v) is 4.34. The molecule has 0 radical (unpaired) electrons. The Balaban J connectivity index is 2.32. The first-order valence-corrected chi connectivity index (χ1v) is 5.73. The molecule has 0 unspecified atom stereocenters. The van der Waals surface area contributed by atoms with Crippen molar-refractivity contribution < 1.29 is 9.90 Å². The van der Waals surface area contributed by atoms with Gasteiger partial charge >= 0.3 is 5.97 Å². The van der Waals surface area contributed by atoms with Gasteiger partial charge in [0, 0.05) is 23.5 Å². The summed E-state index contributed by atoms with van der Waals surface area (Å²) in [6, 6.07) is 6.53. The Morgan fingerprint density at radius 1 is 1.39 bits per heavy atom. The summed E-state index contributed by atoms with van der Waals surface area (Å²) < 4.78 is 0. The molecule has 6 heteroatoms. The van der Waals surface area contributed by atoms with Crippen molar-refractivity contribution in [2.24, 2.45) is 0 Å². The maximum atomic E-state index is 10.8. The van der Waals surface area contributed by atoms with Gasteiger partial charge in [-0.1, -0.05) is 11.8 Å². The summed E-state index contributed by atoms with van der Waals surface area (Å²) in [7, 11) is 0. The lowest BCUT2D eigenvalue weighted by Crippen LogP contribution is -1.96. The number of nitriles is 1. The van der Waals surface area contributed by atoms with E-state index in [0.717, 1.165) is 0 Å². The van der Waals surface area contributed by atoms with Crippen LogP contribution in [0.1, 0.15) is 15.9 Å². The van der Waals surface area contributed by atoms with Crippen LogP contribution in [0.15, 0.2) is 46.7 Å². The number of aromatic nitrogens is 2. The van der Waals surface area contributed by atoms with E-state index in [2.05, 4.69) is 9.97 Å². The molecule has 0 fully saturated rings. The molecule has 0 aromatic carbocycles. The Morgan fingerprint density at radius 2 is 2.22 bits per heavy atom. The van der Waals surface area contributed by atoms with Gasteiger partial charge in [-0.05, 0) is 18.2 Å². The zero-order chi connectivity index (χ0) is 13.0. The lowest BCUT2D eigenvalue weighted by molar-refractivity contribution is 0.0696. The van der Waals surface area contributed by atoms with E-state index in [1.165, 1.54) is 36.3 Å². The average molecular weight is 257 g/mol. The van der Waals surface area contributed by atoms with Crippen LogP contribution in [0, 0.1) is 11.3 Å². The average Bonchev–Trinajstić information content (AvgIpc) is 2.39. The van der Waals surface area contributed by atoms with Crippen LogP contribution in [0.3, 0.4) is 0 Å². The topological polar surface area (TPSA) is 86.9 Å². The molecule has 0 atom stereocenters. The largest absolute Gasteiger partial charge is 0.478 e. The first-order chi connectivity index (χ1) is 8.70. The van der Waals surface area contributed by atoms with Gasteiger partial charge in [-0.3, -0.25) is 4.98 Å². The van der Waals surface area contributed by atoms with Gasteiger partial charge in [0.15, 0.2) is 0 Å². The Bertz CT molecular complexity index is 637. The van der Waals surface area contributed by atoms with Crippen LogP contribution < -0.4 is 0 Å². The van der Waals surface area contributed by atoms with Crippen molar-refractivity contribution in [1.82, 2.24) is 9.97 Å². The van der Waals surface area contributed by atoms with Crippen molar-refractivity contribution in [3.05, 3.63) is 47.9 Å². The van der Waals surface area contributed by atoms with Gasteiger partial charge in [0.05, 0.1) is 11.1 Å². The number of hydrogen-bond acceptors (Lipinski definition) is 5. The molecule has 0 aliphatic heterocycles. The van der Waals surface area contributed by atoms with Crippen LogP contribution in [0.2, 0.25) is 0 Å². The highest BCUT2D eigenvalue weighted by Gasteiger charge is 2.08. The molecule has 88 valence electrons. The molecule has 5 nitrogen and oxygen atoms in total. The highest BCUT2D eigenvalue weighted by molar-refractivity contribution is 7.99. The summed E-state index contributed by atoms with van der Waals surface area (Å²) in [5.41, 5.74) is 0.646. The van der Waals surface area contributed by atoms with E-state index in [1.54, 1.807) is 12.3 Å². The SMILES string of the molecule is N#Cc1ccncc1Sc1cc(C(=O)O)ccn1. The maximum Gasteiger partial charge on any atom is 0.335 e. The van der Waals surface area contributed by atoms with Crippen molar-refractivity contribution in [2.45, 2.75) is 9.92 Å². The fourth-order valence-corrected chi connectivity index (χ4v) is 2.13. The van der Waals surface area contributed by atoms with Crippen LogP contribution in [0.5, 0.6) is 0 Å². The molecule has 1 N–H and O–H groups in total. The first-order valence-electron chi connectivity index (χ1n) is 4.92. The van der Waals surface area contributed by atoms with E-state index < -0.39 is 5.97 Å². The predicted molar refractivity (Wildman–Crippen MR) is 64.3 cm³/mol. The number of rotatable bonds is 3. The smallest absolute Gasteiger partial charge is 0.335 e. The molecular formula is C12H7N3O2S. The monoisotopic (exact) mass is 257 g/mol. The summed E-state index contributed by atoms with van der Waals surface area (Å²) in [5, 5.41) is 18.3. The fourth-order valence-electron chi connectivity index (χ4n) is 1.26. The molecular weight excluding hydrogens is 250 g/mol. The van der Waals surface area contributed by atoms with Gasteiger partial charge in [0.2, 0.25) is 0 Å². The number of carboxylic acid groups (broad SMARTS) is 1. The molecule has 0 spiro atoms. The molecule has 0 aliphatic rings. The molecule has 2 heterocycles. The molecule has 18 heavy (non-hydrogen) atoms. The van der Waals surface area contributed by atoms with Gasteiger partial charge in [0.1, 0.15) is 11.1 Å². The van der Waals surface area contributed by atoms with E-state index in [4.69, 9.17) is 10.4 Å². The maximum absolute atomic E-state index is 10.8. The quantitative estimate of drug-likeness (QED) is 0.906. The minimum atomic E-state index is -1.01. The second-order valence-electron chi connectivity index (χ2n) is 3.27. The van der Waals surface area contributed by atoms with E-state index in [1.807, 2.05) is 6.07 Å². The number of carboxylic acids is 1. The molecule has 0 amide bonds. The molecule has 2 aromatic rings. The molecule has 0 bridgehead atoms. The Kier molecular flexibility index (Phi) is 3.55. The Hall–Kier alpha value is -2.39. The Morgan fingerprint density at radius 3 is 2.94 bits per heavy atom. The minimum absolute atomic E-state index is 0.162. The molecule has 0 saturated heterocycles. The van der Waals surface area contributed by atoms with Crippen molar-refractivity contribution in [2.75, 3.05) is 0 Å². The zero-order valence-electron chi connectivity index (χ0n) is 9.07. The van der Waals surface area contributed by atoms with Crippen molar-refractivity contribution in [3.8, 4) is 6.07 Å². The third-order valence-corrected chi connectivity index (χ3v) is 3.08. The molecule has 2 aromatic heterocycles. The normalized spacial score (nSPS) is 9.72. The van der Waals surface area contributed by atoms with E-state index in [9.17, 15) is 4.79 Å². The number of carbonyl (C=O) groups is 1. The van der Waals surface area contributed by atoms with E-state index in [-0.39, 0.29) is 5.56 Å². The minimum Gasteiger partial charge on any atom is -0.478 e. The summed E-state index contributed by atoms with van der Waals surface area (Å²) in [4.78, 5) is 19.5. The molecule has 0 saturated carbocycles. The van der Waals surface area contributed by atoms with Crippen LogP contribution in [-0.4, -0.2) is 21.0 Å². The van der Waals surface area contributed by atoms with Gasteiger partial charge < -0.3 is 5.11 Å². The van der Waals surface area contributed by atoms with E-state index >= 15 is 0 Å². The number of aromatic carboxylic acids is 1. The highest BCUT2D eigenvalue weighted by Crippen LogP contribution is 2.28. The van der Waals surface area contributed by atoms with Crippen molar-refractivity contribution in [1.29, 1.82) is 5.26 Å². The summed E-state index contributed by atoms with van der Waals surface area (Å²) >= 11 is 1.21. The fraction of sp³-hybridized carbons (Fsp3) is 0. The number of hydrogen-bond donors (Lipinski definition) is 1. The lowest BCUT2D eigenvalue weighted by Gasteiger charge is -2.02. The standard InChI is InChI=1S/C12H7N3O2S/c13-6-9-1-3-14-7-10(9)18-11-5-8(12(16)17)2-4-15-11/h1-5,7H,(H,16,17). The third kappa shape index (κ3) is 2.64.